The van der Waals surface area contributed by atoms with Gasteiger partial charge in [0.2, 0.25) is 0 Å². The molecule has 0 amide bonds. The zero-order valence-electron chi connectivity index (χ0n) is 11.0. The van der Waals surface area contributed by atoms with Crippen LogP contribution < -0.4 is 4.90 Å². The molecular formula is C15H16FNOS. The lowest BCUT2D eigenvalue weighted by Crippen LogP contribution is -2.22. The highest BCUT2D eigenvalue weighted by Crippen LogP contribution is 2.23. The number of likely N-dealkylation sites (N-methyl/N-ethyl adjacent to an activating group) is 1. The van der Waals surface area contributed by atoms with E-state index >= 15 is 0 Å². The Bertz CT molecular complexity index is 566. The Balaban J connectivity index is 2.16. The average molecular weight is 277 g/mol. The molecule has 0 radical (unpaired) electrons. The lowest BCUT2D eigenvalue weighted by atomic mass is 10.1. The van der Waals surface area contributed by atoms with E-state index in [1.807, 2.05) is 23.4 Å². The highest BCUT2D eigenvalue weighted by Gasteiger charge is 2.15. The van der Waals surface area contributed by atoms with E-state index in [0.29, 0.717) is 5.69 Å². The van der Waals surface area contributed by atoms with Crippen LogP contribution in [0.15, 0.2) is 35.7 Å². The summed E-state index contributed by atoms with van der Waals surface area (Å²) in [5.41, 5.74) is 0.834. The minimum atomic E-state index is -0.451. The second-order valence-electron chi connectivity index (χ2n) is 4.44. The summed E-state index contributed by atoms with van der Waals surface area (Å²) in [4.78, 5) is 14.8. The first kappa shape index (κ1) is 13.7. The molecule has 2 aromatic rings. The first-order valence-electron chi connectivity index (χ1n) is 6.12. The molecule has 0 unspecified atom stereocenters. The normalized spacial score (nSPS) is 10.5. The number of nitrogens with zero attached hydrogens (tertiary/aromatic N) is 1. The first-order chi connectivity index (χ1) is 9.09. The van der Waals surface area contributed by atoms with Crippen molar-refractivity contribution in [1.82, 2.24) is 0 Å². The van der Waals surface area contributed by atoms with Crippen molar-refractivity contribution < 1.29 is 9.18 Å². The monoisotopic (exact) mass is 277 g/mol. The number of ketones is 1. The standard InChI is InChI=1S/C15H16FNOS/c1-11(18)15-13(16)6-3-7-14(15)17(2)9-8-12-5-4-10-19-12/h3-7,10H,8-9H2,1-2H3. The molecule has 1 aromatic heterocycles. The van der Waals surface area contributed by atoms with Crippen LogP contribution in [-0.4, -0.2) is 19.4 Å². The average Bonchev–Trinajstić information content (AvgIpc) is 2.88. The van der Waals surface area contributed by atoms with Gasteiger partial charge in [0.1, 0.15) is 5.82 Å². The maximum atomic E-state index is 13.7. The lowest BCUT2D eigenvalue weighted by Gasteiger charge is -2.21. The van der Waals surface area contributed by atoms with Crippen molar-refractivity contribution in [2.45, 2.75) is 13.3 Å². The van der Waals surface area contributed by atoms with Gasteiger partial charge in [-0.05, 0) is 36.9 Å². The van der Waals surface area contributed by atoms with Crippen LogP contribution >= 0.6 is 11.3 Å². The van der Waals surface area contributed by atoms with Crippen molar-refractivity contribution >= 4 is 22.8 Å². The third-order valence-electron chi connectivity index (χ3n) is 3.03. The Hall–Kier alpha value is -1.68. The third-order valence-corrected chi connectivity index (χ3v) is 3.96. The van der Waals surface area contributed by atoms with E-state index < -0.39 is 5.82 Å². The van der Waals surface area contributed by atoms with E-state index in [1.54, 1.807) is 23.5 Å². The van der Waals surface area contributed by atoms with Gasteiger partial charge in [0.05, 0.1) is 11.3 Å². The van der Waals surface area contributed by atoms with Crippen LogP contribution in [0.5, 0.6) is 0 Å². The molecular weight excluding hydrogens is 261 g/mol. The molecule has 0 aliphatic carbocycles. The van der Waals surface area contributed by atoms with Crippen molar-refractivity contribution in [3.05, 3.63) is 52.0 Å². The van der Waals surface area contributed by atoms with Gasteiger partial charge in [-0.3, -0.25) is 4.79 Å². The molecule has 4 heteroatoms. The SMILES string of the molecule is CC(=O)c1c(F)cccc1N(C)CCc1cccs1. The molecule has 1 heterocycles. The van der Waals surface area contributed by atoms with Crippen molar-refractivity contribution in [2.24, 2.45) is 0 Å². The number of rotatable bonds is 5. The van der Waals surface area contributed by atoms with Crippen molar-refractivity contribution in [3.8, 4) is 0 Å². The van der Waals surface area contributed by atoms with Gasteiger partial charge >= 0.3 is 0 Å². The predicted octanol–water partition coefficient (Wildman–Crippen LogP) is 3.77. The van der Waals surface area contributed by atoms with Gasteiger partial charge in [-0.1, -0.05) is 12.1 Å². The highest BCUT2D eigenvalue weighted by molar-refractivity contribution is 7.09. The molecule has 2 nitrogen and oxygen atoms in total. The molecule has 0 fully saturated rings. The summed E-state index contributed by atoms with van der Waals surface area (Å²) in [6, 6.07) is 8.85. The zero-order chi connectivity index (χ0) is 13.8. The summed E-state index contributed by atoms with van der Waals surface area (Å²) in [6.45, 7) is 2.15. The topological polar surface area (TPSA) is 20.3 Å². The fourth-order valence-electron chi connectivity index (χ4n) is 2.03. The molecule has 0 atom stereocenters. The second kappa shape index (κ2) is 5.97. The zero-order valence-corrected chi connectivity index (χ0v) is 11.8. The van der Waals surface area contributed by atoms with E-state index in [0.717, 1.165) is 13.0 Å². The highest BCUT2D eigenvalue weighted by atomic mass is 32.1. The van der Waals surface area contributed by atoms with Crippen LogP contribution in [0.4, 0.5) is 10.1 Å². The summed E-state index contributed by atoms with van der Waals surface area (Å²) in [6.07, 6.45) is 0.891. The van der Waals surface area contributed by atoms with E-state index in [9.17, 15) is 9.18 Å². The molecule has 0 saturated carbocycles. The summed E-state index contributed by atoms with van der Waals surface area (Å²) in [5, 5.41) is 2.04. The Labute approximate surface area is 116 Å². The number of benzene rings is 1. The predicted molar refractivity (Wildman–Crippen MR) is 77.7 cm³/mol. The summed E-state index contributed by atoms with van der Waals surface area (Å²) in [5.74, 6) is -0.691. The van der Waals surface area contributed by atoms with Gasteiger partial charge in [0.15, 0.2) is 5.78 Å². The van der Waals surface area contributed by atoms with Crippen LogP contribution in [-0.2, 0) is 6.42 Å². The van der Waals surface area contributed by atoms with Crippen molar-refractivity contribution in [1.29, 1.82) is 0 Å². The van der Waals surface area contributed by atoms with Gasteiger partial charge in [-0.15, -0.1) is 11.3 Å². The maximum absolute atomic E-state index is 13.7. The minimum absolute atomic E-state index is 0.177. The van der Waals surface area contributed by atoms with Crippen LogP contribution in [0.2, 0.25) is 0 Å². The van der Waals surface area contributed by atoms with E-state index in [2.05, 4.69) is 6.07 Å². The van der Waals surface area contributed by atoms with Crippen molar-refractivity contribution in [2.75, 3.05) is 18.5 Å². The second-order valence-corrected chi connectivity index (χ2v) is 5.47. The van der Waals surface area contributed by atoms with Gasteiger partial charge in [0.25, 0.3) is 0 Å². The smallest absolute Gasteiger partial charge is 0.164 e. The van der Waals surface area contributed by atoms with E-state index in [1.165, 1.54) is 17.9 Å². The number of Topliss-reactive ketones (excluding diaryl/α,β-unsaturated/α-hetero) is 1. The van der Waals surface area contributed by atoms with Crippen LogP contribution in [0.3, 0.4) is 0 Å². The van der Waals surface area contributed by atoms with Crippen LogP contribution in [0, 0.1) is 5.82 Å². The van der Waals surface area contributed by atoms with Gasteiger partial charge in [-0.2, -0.15) is 0 Å². The number of hydrogen-bond acceptors (Lipinski definition) is 3. The number of hydrogen-bond donors (Lipinski definition) is 0. The summed E-state index contributed by atoms with van der Waals surface area (Å²) < 4.78 is 13.7. The molecule has 2 rings (SSSR count). The molecule has 0 N–H and O–H groups in total. The molecule has 0 aliphatic heterocycles. The van der Waals surface area contributed by atoms with Gasteiger partial charge < -0.3 is 4.90 Å². The first-order valence-corrected chi connectivity index (χ1v) is 7.00. The maximum Gasteiger partial charge on any atom is 0.164 e. The fourth-order valence-corrected chi connectivity index (χ4v) is 2.73. The quantitative estimate of drug-likeness (QED) is 0.775. The number of carbonyl (C=O) groups is 1. The number of carbonyl (C=O) groups excluding carboxylic acids is 1. The Kier molecular flexibility index (Phi) is 4.32. The van der Waals surface area contributed by atoms with Gasteiger partial charge in [-0.25, -0.2) is 4.39 Å². The van der Waals surface area contributed by atoms with Crippen LogP contribution in [0.25, 0.3) is 0 Å². The molecule has 100 valence electrons. The van der Waals surface area contributed by atoms with Gasteiger partial charge in [0, 0.05) is 18.5 Å². The summed E-state index contributed by atoms with van der Waals surface area (Å²) >= 11 is 1.71. The molecule has 0 aliphatic rings. The number of halogens is 1. The molecule has 19 heavy (non-hydrogen) atoms. The fraction of sp³-hybridized carbons (Fsp3) is 0.267. The Morgan fingerprint density at radius 3 is 2.74 bits per heavy atom. The van der Waals surface area contributed by atoms with Crippen molar-refractivity contribution in [3.63, 3.8) is 0 Å². The molecule has 0 spiro atoms. The molecule has 0 bridgehead atoms. The molecule has 1 aromatic carbocycles. The Morgan fingerprint density at radius 2 is 2.11 bits per heavy atom. The lowest BCUT2D eigenvalue weighted by molar-refractivity contribution is 0.101. The largest absolute Gasteiger partial charge is 0.374 e. The Morgan fingerprint density at radius 1 is 1.32 bits per heavy atom. The van der Waals surface area contributed by atoms with Crippen LogP contribution in [0.1, 0.15) is 22.2 Å². The minimum Gasteiger partial charge on any atom is -0.374 e. The number of anilines is 1. The number of thiophene rings is 1. The third kappa shape index (κ3) is 3.20. The van der Waals surface area contributed by atoms with E-state index in [-0.39, 0.29) is 11.3 Å². The van der Waals surface area contributed by atoms with E-state index in [4.69, 9.17) is 0 Å². The molecule has 0 saturated heterocycles. The summed E-state index contributed by atoms with van der Waals surface area (Å²) in [7, 11) is 1.88.